The average molecular weight is 192 g/mol. The molecule has 0 rings (SSSR count). The summed E-state index contributed by atoms with van der Waals surface area (Å²) in [5.74, 6) is 0. The standard InChI is InChI=1S/CH6O7P2/c2-1(7-9(3)4)8-10(5)6/h1-2,9-10H,(H,3,4)(H,5,6). The van der Waals surface area contributed by atoms with Crippen molar-refractivity contribution in [3.63, 3.8) is 0 Å². The van der Waals surface area contributed by atoms with Crippen LogP contribution in [0, 0.1) is 0 Å². The molecular formula is CH6O7P2. The maximum atomic E-state index is 9.74. The molecule has 0 radical (unpaired) electrons. The molecular weight excluding hydrogens is 186 g/mol. The molecule has 7 nitrogen and oxygen atoms in total. The number of aliphatic hydroxyl groups excluding tert-OH is 1. The summed E-state index contributed by atoms with van der Waals surface area (Å²) in [5, 5.41) is 8.28. The molecule has 10 heavy (non-hydrogen) atoms. The maximum absolute atomic E-state index is 9.74. The van der Waals surface area contributed by atoms with E-state index in [2.05, 4.69) is 9.05 Å². The van der Waals surface area contributed by atoms with Gasteiger partial charge in [-0.3, -0.25) is 18.2 Å². The molecule has 0 aliphatic heterocycles. The molecule has 0 saturated heterocycles. The topological polar surface area (TPSA) is 113 Å². The van der Waals surface area contributed by atoms with Gasteiger partial charge in [-0.2, -0.15) is 0 Å². The van der Waals surface area contributed by atoms with Crippen LogP contribution in [0.25, 0.3) is 0 Å². The van der Waals surface area contributed by atoms with Gasteiger partial charge in [0.15, 0.2) is 0 Å². The van der Waals surface area contributed by atoms with E-state index in [4.69, 9.17) is 14.9 Å². The zero-order chi connectivity index (χ0) is 8.15. The van der Waals surface area contributed by atoms with Gasteiger partial charge in [-0.15, -0.1) is 0 Å². The van der Waals surface area contributed by atoms with Crippen LogP contribution in [0.2, 0.25) is 0 Å². The van der Waals surface area contributed by atoms with Crippen LogP contribution in [0.1, 0.15) is 0 Å². The third-order valence-electron chi connectivity index (χ3n) is 0.403. The fourth-order valence-corrected chi connectivity index (χ4v) is 0.734. The van der Waals surface area contributed by atoms with E-state index in [0.29, 0.717) is 0 Å². The van der Waals surface area contributed by atoms with Crippen LogP contribution in [-0.2, 0) is 18.2 Å². The largest absolute Gasteiger partial charge is 0.345 e. The third kappa shape index (κ3) is 6.38. The van der Waals surface area contributed by atoms with E-state index in [1.54, 1.807) is 0 Å². The van der Waals surface area contributed by atoms with Gasteiger partial charge in [0, 0.05) is 0 Å². The predicted molar refractivity (Wildman–Crippen MR) is 30.6 cm³/mol. The Morgan fingerprint density at radius 1 is 1.10 bits per heavy atom. The van der Waals surface area contributed by atoms with E-state index >= 15 is 0 Å². The van der Waals surface area contributed by atoms with Gasteiger partial charge in [0.1, 0.15) is 0 Å². The summed E-state index contributed by atoms with van der Waals surface area (Å²) in [4.78, 5) is 15.9. The molecule has 9 heteroatoms. The van der Waals surface area contributed by atoms with Crippen LogP contribution in [-0.4, -0.2) is 21.4 Å². The molecule has 0 aromatic heterocycles. The first-order valence-corrected chi connectivity index (χ1v) is 4.52. The first-order chi connectivity index (χ1) is 4.52. The van der Waals surface area contributed by atoms with Crippen LogP contribution in [0.3, 0.4) is 0 Å². The highest BCUT2D eigenvalue weighted by Gasteiger charge is 2.08. The van der Waals surface area contributed by atoms with E-state index in [-0.39, 0.29) is 0 Å². The van der Waals surface area contributed by atoms with Gasteiger partial charge >= 0.3 is 16.5 Å². The Morgan fingerprint density at radius 3 is 1.60 bits per heavy atom. The molecule has 0 amide bonds. The minimum atomic E-state index is -3.34. The summed E-state index contributed by atoms with van der Waals surface area (Å²) < 4.78 is 26.8. The lowest BCUT2D eigenvalue weighted by Crippen LogP contribution is -2.07. The van der Waals surface area contributed by atoms with Gasteiger partial charge in [-0.05, 0) is 0 Å². The van der Waals surface area contributed by atoms with Crippen molar-refractivity contribution in [3.05, 3.63) is 0 Å². The minimum Gasteiger partial charge on any atom is -0.345 e. The Balaban J connectivity index is 3.53. The van der Waals surface area contributed by atoms with Gasteiger partial charge < -0.3 is 14.9 Å². The maximum Gasteiger partial charge on any atom is 0.320 e. The fourth-order valence-electron chi connectivity index (χ4n) is 0.197. The Labute approximate surface area is 57.1 Å². The molecule has 0 bridgehead atoms. The molecule has 62 valence electrons. The second-order valence-electron chi connectivity index (χ2n) is 1.07. The highest BCUT2D eigenvalue weighted by molar-refractivity contribution is 7.32. The van der Waals surface area contributed by atoms with Gasteiger partial charge in [0.05, 0.1) is 0 Å². The van der Waals surface area contributed by atoms with Crippen molar-refractivity contribution < 1.29 is 33.1 Å². The van der Waals surface area contributed by atoms with Crippen molar-refractivity contribution in [2.24, 2.45) is 0 Å². The monoisotopic (exact) mass is 192 g/mol. The zero-order valence-corrected chi connectivity index (χ0v) is 6.55. The number of rotatable bonds is 4. The number of hydrogen-bond acceptors (Lipinski definition) is 5. The molecule has 3 N–H and O–H groups in total. The lowest BCUT2D eigenvalue weighted by Gasteiger charge is -2.05. The van der Waals surface area contributed by atoms with E-state index in [1.807, 2.05) is 0 Å². The van der Waals surface area contributed by atoms with Crippen LogP contribution in [0.5, 0.6) is 0 Å². The first kappa shape index (κ1) is 10.3. The Morgan fingerprint density at radius 2 is 1.40 bits per heavy atom. The summed E-state index contributed by atoms with van der Waals surface area (Å²) in [7, 11) is -6.68. The predicted octanol–water partition coefficient (Wildman–Crippen LogP) is -0.941. The molecule has 0 aliphatic rings. The van der Waals surface area contributed by atoms with E-state index < -0.39 is 23.0 Å². The van der Waals surface area contributed by atoms with Crippen molar-refractivity contribution in [2.45, 2.75) is 6.48 Å². The van der Waals surface area contributed by atoms with Crippen LogP contribution in [0.4, 0.5) is 0 Å². The molecule has 0 heterocycles. The Hall–Kier alpha value is 0.260. The molecule has 0 spiro atoms. The molecule has 0 aromatic carbocycles. The SMILES string of the molecule is O=[PH](O)OC(O)O[PH](=O)O. The smallest absolute Gasteiger partial charge is 0.320 e. The molecule has 2 unspecified atom stereocenters. The van der Waals surface area contributed by atoms with Crippen molar-refractivity contribution in [2.75, 3.05) is 0 Å². The van der Waals surface area contributed by atoms with Gasteiger partial charge in [-0.1, -0.05) is 0 Å². The minimum absolute atomic E-state index is 2.12. The molecule has 0 fully saturated rings. The molecule has 0 aromatic rings. The van der Waals surface area contributed by atoms with Gasteiger partial charge in [-0.25, -0.2) is 0 Å². The summed E-state index contributed by atoms with van der Waals surface area (Å²) >= 11 is 0. The van der Waals surface area contributed by atoms with Gasteiger partial charge in [0.25, 0.3) is 6.48 Å². The van der Waals surface area contributed by atoms with E-state index in [9.17, 15) is 9.13 Å². The van der Waals surface area contributed by atoms with E-state index in [1.165, 1.54) is 0 Å². The highest BCUT2D eigenvalue weighted by atomic mass is 31.1. The van der Waals surface area contributed by atoms with Crippen LogP contribution in [0.15, 0.2) is 0 Å². The molecule has 0 saturated carbocycles. The first-order valence-electron chi connectivity index (χ1n) is 1.99. The number of aliphatic hydroxyl groups is 1. The third-order valence-corrected chi connectivity index (χ3v) is 1.21. The Bertz CT molecular complexity index is 127. The normalized spacial score (nSPS) is 19.9. The fraction of sp³-hybridized carbons (Fsp3) is 1.00. The molecule has 0 aliphatic carbocycles. The second-order valence-corrected chi connectivity index (χ2v) is 2.61. The van der Waals surface area contributed by atoms with Crippen molar-refractivity contribution in [1.29, 1.82) is 0 Å². The Kier molecular flexibility index (Phi) is 5.11. The lowest BCUT2D eigenvalue weighted by molar-refractivity contribution is -0.160. The van der Waals surface area contributed by atoms with Crippen LogP contribution < -0.4 is 0 Å². The quantitative estimate of drug-likeness (QED) is 0.389. The van der Waals surface area contributed by atoms with Gasteiger partial charge in [0.2, 0.25) is 0 Å². The molecule has 2 atom stereocenters. The number of hydrogen-bond donors (Lipinski definition) is 3. The summed E-state index contributed by atoms with van der Waals surface area (Å²) in [6.45, 7) is -2.12. The zero-order valence-electron chi connectivity index (χ0n) is 4.55. The average Bonchev–Trinajstić information content (AvgIpc) is 1.58. The highest BCUT2D eigenvalue weighted by Crippen LogP contribution is 2.24. The summed E-state index contributed by atoms with van der Waals surface area (Å²) in [5.41, 5.74) is 0. The van der Waals surface area contributed by atoms with Crippen molar-refractivity contribution >= 4 is 16.5 Å². The summed E-state index contributed by atoms with van der Waals surface area (Å²) in [6.07, 6.45) is 0. The summed E-state index contributed by atoms with van der Waals surface area (Å²) in [6, 6.07) is 0. The lowest BCUT2D eigenvalue weighted by atomic mass is 11.4. The van der Waals surface area contributed by atoms with E-state index in [0.717, 1.165) is 0 Å². The van der Waals surface area contributed by atoms with Crippen molar-refractivity contribution in [1.82, 2.24) is 0 Å². The van der Waals surface area contributed by atoms with Crippen LogP contribution >= 0.6 is 16.5 Å². The van der Waals surface area contributed by atoms with Crippen molar-refractivity contribution in [3.8, 4) is 0 Å². The second kappa shape index (κ2) is 4.98.